The summed E-state index contributed by atoms with van der Waals surface area (Å²) in [4.78, 5) is 26.1. The number of rotatable bonds is 2. The molecule has 0 spiro atoms. The number of aliphatic hydroxyl groups excluding tert-OH is 1. The van der Waals surface area contributed by atoms with Crippen molar-refractivity contribution >= 4 is 11.9 Å². The topological polar surface area (TPSA) is 95.5 Å². The number of aliphatic hydroxyl groups is 1. The number of ether oxygens (including phenoxy) is 1. The molecule has 1 aliphatic heterocycles. The fourth-order valence-electron chi connectivity index (χ4n) is 3.40. The molecule has 1 aliphatic carbocycles. The highest BCUT2D eigenvalue weighted by Crippen LogP contribution is 2.28. The SMILES string of the molecule is COC(=O)c1n[nH]c2c1CN(C(=O)[C@@H]1CCC[C@H](O)C1)CC2. The van der Waals surface area contributed by atoms with Crippen LogP contribution in [0.2, 0.25) is 0 Å². The third kappa shape index (κ3) is 2.72. The second-order valence-corrected chi connectivity index (χ2v) is 6.05. The van der Waals surface area contributed by atoms with Gasteiger partial charge in [0.25, 0.3) is 0 Å². The Bertz CT molecular complexity index is 583. The lowest BCUT2D eigenvalue weighted by atomic mass is 9.86. The average Bonchev–Trinajstić information content (AvgIpc) is 2.96. The number of amides is 1. The van der Waals surface area contributed by atoms with Crippen LogP contribution in [0, 0.1) is 5.92 Å². The zero-order chi connectivity index (χ0) is 15.7. The molecule has 1 aromatic rings. The van der Waals surface area contributed by atoms with E-state index >= 15 is 0 Å². The maximum Gasteiger partial charge on any atom is 0.358 e. The summed E-state index contributed by atoms with van der Waals surface area (Å²) in [6.07, 6.45) is 3.31. The van der Waals surface area contributed by atoms with Gasteiger partial charge in [-0.25, -0.2) is 4.79 Å². The maximum atomic E-state index is 12.6. The monoisotopic (exact) mass is 307 g/mol. The van der Waals surface area contributed by atoms with Gasteiger partial charge in [0.1, 0.15) is 0 Å². The van der Waals surface area contributed by atoms with Crippen molar-refractivity contribution < 1.29 is 19.4 Å². The van der Waals surface area contributed by atoms with Gasteiger partial charge in [-0.15, -0.1) is 0 Å². The lowest BCUT2D eigenvalue weighted by Gasteiger charge is -2.33. The van der Waals surface area contributed by atoms with Gasteiger partial charge in [-0.1, -0.05) is 6.42 Å². The maximum absolute atomic E-state index is 12.6. The van der Waals surface area contributed by atoms with E-state index < -0.39 is 5.97 Å². The summed E-state index contributed by atoms with van der Waals surface area (Å²) in [5.74, 6) is -0.528. The highest BCUT2D eigenvalue weighted by atomic mass is 16.5. The number of H-pyrrole nitrogens is 1. The van der Waals surface area contributed by atoms with Gasteiger partial charge >= 0.3 is 5.97 Å². The minimum atomic E-state index is -0.486. The molecule has 2 heterocycles. The molecule has 1 saturated carbocycles. The van der Waals surface area contributed by atoms with Gasteiger partial charge in [0.05, 0.1) is 13.2 Å². The van der Waals surface area contributed by atoms with Gasteiger partial charge in [-0.05, 0) is 19.3 Å². The first-order chi connectivity index (χ1) is 10.6. The van der Waals surface area contributed by atoms with Gasteiger partial charge in [0.2, 0.25) is 5.91 Å². The molecule has 2 atom stereocenters. The fourth-order valence-corrected chi connectivity index (χ4v) is 3.40. The number of fused-ring (bicyclic) bond motifs is 1. The zero-order valence-electron chi connectivity index (χ0n) is 12.7. The molecule has 120 valence electrons. The Balaban J connectivity index is 1.74. The van der Waals surface area contributed by atoms with Crippen molar-refractivity contribution in [2.75, 3.05) is 13.7 Å². The van der Waals surface area contributed by atoms with Crippen LogP contribution in [-0.4, -0.2) is 51.8 Å². The van der Waals surface area contributed by atoms with Crippen molar-refractivity contribution in [1.82, 2.24) is 15.1 Å². The Hall–Kier alpha value is -1.89. The average molecular weight is 307 g/mol. The number of aromatic nitrogens is 2. The standard InChI is InChI=1S/C15H21N3O4/c1-22-15(21)13-11-8-18(6-5-12(11)16-17-13)14(20)9-3-2-4-10(19)7-9/h9-10,19H,2-8H2,1H3,(H,16,17)/t9-,10+/m1/s1. The lowest BCUT2D eigenvalue weighted by Crippen LogP contribution is -2.42. The summed E-state index contributed by atoms with van der Waals surface area (Å²) in [6, 6.07) is 0. The normalized spacial score (nSPS) is 24.7. The smallest absolute Gasteiger partial charge is 0.358 e. The first-order valence-electron chi connectivity index (χ1n) is 7.71. The molecule has 0 bridgehead atoms. The van der Waals surface area contributed by atoms with Crippen molar-refractivity contribution in [2.45, 2.75) is 44.8 Å². The molecular weight excluding hydrogens is 286 g/mol. The van der Waals surface area contributed by atoms with Crippen LogP contribution in [-0.2, 0) is 22.5 Å². The number of nitrogens with zero attached hydrogens (tertiary/aromatic N) is 2. The van der Waals surface area contributed by atoms with E-state index in [9.17, 15) is 14.7 Å². The van der Waals surface area contributed by atoms with Crippen LogP contribution in [0.4, 0.5) is 0 Å². The summed E-state index contributed by atoms with van der Waals surface area (Å²) < 4.78 is 4.73. The second-order valence-electron chi connectivity index (χ2n) is 6.05. The molecule has 0 aromatic carbocycles. The predicted octanol–water partition coefficient (Wildman–Crippen LogP) is 0.632. The Morgan fingerprint density at radius 1 is 1.41 bits per heavy atom. The van der Waals surface area contributed by atoms with Gasteiger partial charge in [-0.3, -0.25) is 9.89 Å². The molecule has 3 rings (SSSR count). The molecule has 2 aliphatic rings. The second kappa shape index (κ2) is 6.08. The third-order valence-corrected chi connectivity index (χ3v) is 4.62. The van der Waals surface area contributed by atoms with Crippen molar-refractivity contribution in [3.63, 3.8) is 0 Å². The molecule has 2 N–H and O–H groups in total. The molecule has 1 amide bonds. The number of esters is 1. The first kappa shape index (κ1) is 15.0. The summed E-state index contributed by atoms with van der Waals surface area (Å²) >= 11 is 0. The van der Waals surface area contributed by atoms with Crippen molar-refractivity contribution in [1.29, 1.82) is 0 Å². The van der Waals surface area contributed by atoms with E-state index in [2.05, 4.69) is 10.2 Å². The summed E-state index contributed by atoms with van der Waals surface area (Å²) in [6.45, 7) is 0.989. The van der Waals surface area contributed by atoms with Crippen LogP contribution in [0.1, 0.15) is 47.4 Å². The van der Waals surface area contributed by atoms with E-state index in [1.165, 1.54) is 7.11 Å². The predicted molar refractivity (Wildman–Crippen MR) is 77.0 cm³/mol. The van der Waals surface area contributed by atoms with Crippen LogP contribution in [0.25, 0.3) is 0 Å². The van der Waals surface area contributed by atoms with Crippen LogP contribution < -0.4 is 0 Å². The largest absolute Gasteiger partial charge is 0.464 e. The first-order valence-corrected chi connectivity index (χ1v) is 7.71. The van der Waals surface area contributed by atoms with Crippen molar-refractivity contribution in [2.24, 2.45) is 5.92 Å². The highest BCUT2D eigenvalue weighted by molar-refractivity contribution is 5.89. The summed E-state index contributed by atoms with van der Waals surface area (Å²) in [5, 5.41) is 16.6. The van der Waals surface area contributed by atoms with Crippen LogP contribution in [0.15, 0.2) is 0 Å². The minimum Gasteiger partial charge on any atom is -0.464 e. The van der Waals surface area contributed by atoms with E-state index in [4.69, 9.17) is 4.74 Å². The van der Waals surface area contributed by atoms with E-state index in [0.717, 1.165) is 30.5 Å². The zero-order valence-corrected chi connectivity index (χ0v) is 12.7. The Labute approximate surface area is 128 Å². The molecule has 7 nitrogen and oxygen atoms in total. The molecule has 1 aromatic heterocycles. The number of carbonyl (C=O) groups excluding carboxylic acids is 2. The molecule has 7 heteroatoms. The molecular formula is C15H21N3O4. The number of nitrogens with one attached hydrogen (secondary N) is 1. The van der Waals surface area contributed by atoms with Crippen LogP contribution in [0.5, 0.6) is 0 Å². The number of hydrogen-bond donors (Lipinski definition) is 2. The number of aromatic amines is 1. The van der Waals surface area contributed by atoms with Crippen molar-refractivity contribution in [3.05, 3.63) is 17.0 Å². The summed E-state index contributed by atoms with van der Waals surface area (Å²) in [7, 11) is 1.32. The molecule has 0 radical (unpaired) electrons. The molecule has 22 heavy (non-hydrogen) atoms. The fraction of sp³-hybridized carbons (Fsp3) is 0.667. The van der Waals surface area contributed by atoms with Crippen molar-refractivity contribution in [3.8, 4) is 0 Å². The molecule has 1 fully saturated rings. The number of methoxy groups -OCH3 is 1. The van der Waals surface area contributed by atoms with Gasteiger partial charge in [-0.2, -0.15) is 5.10 Å². The number of hydrogen-bond acceptors (Lipinski definition) is 5. The van der Waals surface area contributed by atoms with E-state index in [0.29, 0.717) is 25.9 Å². The van der Waals surface area contributed by atoms with Crippen LogP contribution >= 0.6 is 0 Å². The Kier molecular flexibility index (Phi) is 4.15. The quantitative estimate of drug-likeness (QED) is 0.781. The Morgan fingerprint density at radius 3 is 2.95 bits per heavy atom. The summed E-state index contributed by atoms with van der Waals surface area (Å²) in [5.41, 5.74) is 1.91. The van der Waals surface area contributed by atoms with E-state index in [-0.39, 0.29) is 23.6 Å². The van der Waals surface area contributed by atoms with E-state index in [1.807, 2.05) is 0 Å². The van der Waals surface area contributed by atoms with Crippen LogP contribution in [0.3, 0.4) is 0 Å². The molecule has 0 saturated heterocycles. The van der Waals surface area contributed by atoms with Gasteiger partial charge in [0.15, 0.2) is 5.69 Å². The van der Waals surface area contributed by atoms with E-state index in [1.54, 1.807) is 4.90 Å². The van der Waals surface area contributed by atoms with Gasteiger partial charge < -0.3 is 14.7 Å². The lowest BCUT2D eigenvalue weighted by molar-refractivity contribution is -0.138. The minimum absolute atomic E-state index is 0.0708. The third-order valence-electron chi connectivity index (χ3n) is 4.62. The molecule has 0 unspecified atom stereocenters. The Morgan fingerprint density at radius 2 is 2.23 bits per heavy atom. The number of carbonyl (C=O) groups is 2. The van der Waals surface area contributed by atoms with Gasteiger partial charge in [0, 0.05) is 36.7 Å². The highest BCUT2D eigenvalue weighted by Gasteiger charge is 2.33.